The second-order valence-electron chi connectivity index (χ2n) is 8.27. The molecule has 0 radical (unpaired) electrons. The van der Waals surface area contributed by atoms with Crippen molar-refractivity contribution >= 4 is 5.91 Å². The fourth-order valence-electron chi connectivity index (χ4n) is 4.62. The number of carbonyl (C=O) groups excluding carboxylic acids is 1. The summed E-state index contributed by atoms with van der Waals surface area (Å²) in [6, 6.07) is 2.75. The third kappa shape index (κ3) is 3.85. The molecule has 4 rings (SSSR count). The highest BCUT2D eigenvalue weighted by atomic mass is 16.5. The number of hydrogen-bond acceptors (Lipinski definition) is 5. The second kappa shape index (κ2) is 8.07. The molecule has 2 aromatic rings. The SMILES string of the molecule is Cc1cc(C)n(Cc2c(C(=O)N3CCN(C4CCCCC4)CC3)noc2C)n1. The molecule has 0 spiro atoms. The summed E-state index contributed by atoms with van der Waals surface area (Å²) in [6.07, 6.45) is 6.68. The van der Waals surface area contributed by atoms with Crippen molar-refractivity contribution in [1.29, 1.82) is 0 Å². The van der Waals surface area contributed by atoms with Gasteiger partial charge in [-0.15, -0.1) is 0 Å². The van der Waals surface area contributed by atoms with E-state index in [1.165, 1.54) is 32.1 Å². The third-order valence-electron chi connectivity index (χ3n) is 6.29. The van der Waals surface area contributed by atoms with E-state index in [4.69, 9.17) is 4.52 Å². The normalized spacial score (nSPS) is 19.3. The molecule has 1 amide bonds. The summed E-state index contributed by atoms with van der Waals surface area (Å²) in [7, 11) is 0. The van der Waals surface area contributed by atoms with Crippen LogP contribution in [0.15, 0.2) is 10.6 Å². The van der Waals surface area contributed by atoms with E-state index in [0.717, 1.165) is 43.1 Å². The summed E-state index contributed by atoms with van der Waals surface area (Å²) >= 11 is 0. The van der Waals surface area contributed by atoms with Gasteiger partial charge in [-0.1, -0.05) is 24.4 Å². The molecule has 0 bridgehead atoms. The maximum Gasteiger partial charge on any atom is 0.276 e. The maximum atomic E-state index is 13.2. The number of rotatable bonds is 4. The molecule has 0 atom stereocenters. The van der Waals surface area contributed by atoms with Gasteiger partial charge in [-0.3, -0.25) is 14.4 Å². The van der Waals surface area contributed by atoms with Crippen LogP contribution < -0.4 is 0 Å². The van der Waals surface area contributed by atoms with Gasteiger partial charge in [-0.25, -0.2) is 0 Å². The molecule has 152 valence electrons. The van der Waals surface area contributed by atoms with Gasteiger partial charge in [0.1, 0.15) is 5.76 Å². The highest BCUT2D eigenvalue weighted by molar-refractivity contribution is 5.94. The van der Waals surface area contributed by atoms with Crippen LogP contribution in [0.1, 0.15) is 65.3 Å². The number of aryl methyl sites for hydroxylation is 3. The van der Waals surface area contributed by atoms with Crippen LogP contribution in [0, 0.1) is 20.8 Å². The van der Waals surface area contributed by atoms with Gasteiger partial charge in [0.2, 0.25) is 0 Å². The molecular formula is C21H31N5O2. The number of carbonyl (C=O) groups is 1. The van der Waals surface area contributed by atoms with Crippen molar-refractivity contribution in [3.63, 3.8) is 0 Å². The van der Waals surface area contributed by atoms with Crippen LogP contribution in [0.5, 0.6) is 0 Å². The number of piperazine rings is 1. The highest BCUT2D eigenvalue weighted by Crippen LogP contribution is 2.24. The average molecular weight is 386 g/mol. The summed E-state index contributed by atoms with van der Waals surface area (Å²) in [5, 5.41) is 8.63. The topological polar surface area (TPSA) is 67.4 Å². The smallest absolute Gasteiger partial charge is 0.276 e. The molecule has 7 nitrogen and oxygen atoms in total. The van der Waals surface area contributed by atoms with Crippen molar-refractivity contribution in [2.45, 2.75) is 65.5 Å². The minimum absolute atomic E-state index is 0.0170. The molecule has 1 saturated heterocycles. The molecule has 1 saturated carbocycles. The Bertz CT molecular complexity index is 826. The molecule has 0 unspecified atom stereocenters. The highest BCUT2D eigenvalue weighted by Gasteiger charge is 2.30. The first-order valence-electron chi connectivity index (χ1n) is 10.5. The van der Waals surface area contributed by atoms with Crippen LogP contribution in [-0.4, -0.2) is 62.9 Å². The Labute approximate surface area is 166 Å². The average Bonchev–Trinajstić information content (AvgIpc) is 3.23. The summed E-state index contributed by atoms with van der Waals surface area (Å²) in [4.78, 5) is 17.7. The predicted octanol–water partition coefficient (Wildman–Crippen LogP) is 2.94. The van der Waals surface area contributed by atoms with E-state index in [2.05, 4.69) is 15.2 Å². The van der Waals surface area contributed by atoms with Crippen molar-refractivity contribution < 1.29 is 9.32 Å². The number of nitrogens with zero attached hydrogens (tertiary/aromatic N) is 5. The van der Waals surface area contributed by atoms with Crippen molar-refractivity contribution in [1.82, 2.24) is 24.7 Å². The first-order chi connectivity index (χ1) is 13.5. The predicted molar refractivity (Wildman–Crippen MR) is 106 cm³/mol. The fraction of sp³-hybridized carbons (Fsp3) is 0.667. The third-order valence-corrected chi connectivity index (χ3v) is 6.29. The van der Waals surface area contributed by atoms with Crippen LogP contribution in [0.25, 0.3) is 0 Å². The molecule has 2 fully saturated rings. The summed E-state index contributed by atoms with van der Waals surface area (Å²) in [5.41, 5.74) is 3.32. The summed E-state index contributed by atoms with van der Waals surface area (Å²) < 4.78 is 7.30. The quantitative estimate of drug-likeness (QED) is 0.809. The first-order valence-corrected chi connectivity index (χ1v) is 10.5. The Balaban J connectivity index is 1.43. The lowest BCUT2D eigenvalue weighted by Crippen LogP contribution is -2.52. The van der Waals surface area contributed by atoms with Crippen molar-refractivity contribution in [3.05, 3.63) is 34.5 Å². The monoisotopic (exact) mass is 385 g/mol. The van der Waals surface area contributed by atoms with Gasteiger partial charge in [-0.05, 0) is 39.7 Å². The number of amides is 1. The van der Waals surface area contributed by atoms with Crippen molar-refractivity contribution in [3.8, 4) is 0 Å². The molecule has 1 aliphatic carbocycles. The first kappa shape index (κ1) is 19.2. The zero-order valence-electron chi connectivity index (χ0n) is 17.3. The molecular weight excluding hydrogens is 354 g/mol. The number of hydrogen-bond donors (Lipinski definition) is 0. The summed E-state index contributed by atoms with van der Waals surface area (Å²) in [6.45, 7) is 9.82. The van der Waals surface area contributed by atoms with Gasteiger partial charge in [-0.2, -0.15) is 5.10 Å². The Hall–Kier alpha value is -2.15. The van der Waals surface area contributed by atoms with Crippen LogP contribution >= 0.6 is 0 Å². The fourth-order valence-corrected chi connectivity index (χ4v) is 4.62. The van der Waals surface area contributed by atoms with E-state index in [9.17, 15) is 4.79 Å². The van der Waals surface area contributed by atoms with Gasteiger partial charge >= 0.3 is 0 Å². The number of aromatic nitrogens is 3. The van der Waals surface area contributed by atoms with Crippen LogP contribution in [0.4, 0.5) is 0 Å². The lowest BCUT2D eigenvalue weighted by molar-refractivity contribution is 0.0514. The van der Waals surface area contributed by atoms with Gasteiger partial charge in [0.05, 0.1) is 12.2 Å². The zero-order valence-corrected chi connectivity index (χ0v) is 17.3. The zero-order chi connectivity index (χ0) is 19.7. The Morgan fingerprint density at radius 1 is 1.11 bits per heavy atom. The molecule has 28 heavy (non-hydrogen) atoms. The molecule has 2 aliphatic rings. The molecule has 0 aromatic carbocycles. The molecule has 2 aromatic heterocycles. The molecule has 0 N–H and O–H groups in total. The molecule has 1 aliphatic heterocycles. The van der Waals surface area contributed by atoms with E-state index in [1.54, 1.807) is 0 Å². The van der Waals surface area contributed by atoms with Crippen LogP contribution in [0.3, 0.4) is 0 Å². The standard InChI is InChI=1S/C21H31N5O2/c1-15-13-16(2)26(22-15)14-19-17(3)28-23-20(19)21(27)25-11-9-24(10-12-25)18-7-5-4-6-8-18/h13,18H,4-12,14H2,1-3H3. The van der Waals surface area contributed by atoms with Gasteiger partial charge in [0.25, 0.3) is 5.91 Å². The van der Waals surface area contributed by atoms with Crippen LogP contribution in [0.2, 0.25) is 0 Å². The molecule has 7 heteroatoms. The van der Waals surface area contributed by atoms with Gasteiger partial charge < -0.3 is 9.42 Å². The van der Waals surface area contributed by atoms with E-state index in [1.807, 2.05) is 36.4 Å². The Morgan fingerprint density at radius 3 is 2.46 bits per heavy atom. The van der Waals surface area contributed by atoms with Crippen molar-refractivity contribution in [2.24, 2.45) is 0 Å². The second-order valence-corrected chi connectivity index (χ2v) is 8.27. The largest absolute Gasteiger partial charge is 0.361 e. The minimum Gasteiger partial charge on any atom is -0.361 e. The maximum absolute atomic E-state index is 13.2. The van der Waals surface area contributed by atoms with E-state index in [-0.39, 0.29) is 5.91 Å². The van der Waals surface area contributed by atoms with E-state index >= 15 is 0 Å². The minimum atomic E-state index is -0.0170. The van der Waals surface area contributed by atoms with Crippen LogP contribution in [-0.2, 0) is 6.54 Å². The Morgan fingerprint density at radius 2 is 1.82 bits per heavy atom. The lowest BCUT2D eigenvalue weighted by Gasteiger charge is -2.40. The summed E-state index contributed by atoms with van der Waals surface area (Å²) in [5.74, 6) is 0.674. The molecule has 3 heterocycles. The van der Waals surface area contributed by atoms with Gasteiger partial charge in [0, 0.05) is 43.5 Å². The van der Waals surface area contributed by atoms with Crippen molar-refractivity contribution in [2.75, 3.05) is 26.2 Å². The van der Waals surface area contributed by atoms with Gasteiger partial charge in [0.15, 0.2) is 5.69 Å². The van der Waals surface area contributed by atoms with E-state index < -0.39 is 0 Å². The lowest BCUT2D eigenvalue weighted by atomic mass is 9.94. The van der Waals surface area contributed by atoms with E-state index in [0.29, 0.717) is 24.0 Å². The Kier molecular flexibility index (Phi) is 5.53.